The molecule has 5 unspecified atom stereocenters. The van der Waals surface area contributed by atoms with E-state index in [-0.39, 0.29) is 28.2 Å². The summed E-state index contributed by atoms with van der Waals surface area (Å²) in [5, 5.41) is 14.7. The van der Waals surface area contributed by atoms with Crippen molar-refractivity contribution < 1.29 is 23.5 Å². The predicted octanol–water partition coefficient (Wildman–Crippen LogP) is 8.48. The fourth-order valence-corrected chi connectivity index (χ4v) is 20.6. The van der Waals surface area contributed by atoms with Crippen LogP contribution in [0.1, 0.15) is 81.1 Å². The van der Waals surface area contributed by atoms with Gasteiger partial charge in [-0.05, 0) is 93.0 Å². The lowest BCUT2D eigenvalue weighted by molar-refractivity contribution is -0.142. The lowest BCUT2D eigenvalue weighted by atomic mass is 9.98. The number of Topliss-reactive ketones (excluding diaryl/α,β-unsaturated/α-hetero) is 1. The van der Waals surface area contributed by atoms with Gasteiger partial charge in [0, 0.05) is 18.1 Å². The maximum absolute atomic E-state index is 11.8. The number of benzene rings is 4. The summed E-state index contributed by atoms with van der Waals surface area (Å²) < 4.78 is 14.4. The zero-order valence-corrected chi connectivity index (χ0v) is 36.7. The van der Waals surface area contributed by atoms with Gasteiger partial charge in [0.2, 0.25) is 0 Å². The standard InChI is InChI=1S/C25H32O3Si.C24H30O2Si/c1-17(24(26)27)23-21-15-18(16-22(21)23)28-29(25(2,3)4,19-11-7-5-8-12-19)20-13-9-6-10-14-20;1-17(25)23-21-15-18(16-22(21)23)26-27(24(2,3)4,19-11-7-5-8-12-19)20-13-9-6-10-14-20/h5-14,17-18,21-23H,15-16H2,1-4H3,(H,26,27);5-14,18,21-23H,15-16H2,1-4H3/t17?,18?,21-,22+,23?;18?,21-,22+,23?. The number of hydrogen-bond donors (Lipinski definition) is 1. The van der Waals surface area contributed by atoms with Crippen molar-refractivity contribution in [1.82, 2.24) is 0 Å². The van der Waals surface area contributed by atoms with Crippen LogP contribution in [0, 0.1) is 41.4 Å². The Balaban J connectivity index is 0.000000172. The average molecular weight is 787 g/mol. The second kappa shape index (κ2) is 15.6. The third-order valence-electron chi connectivity index (χ3n) is 13.8. The first kappa shape index (κ1) is 40.6. The Morgan fingerprint density at radius 1 is 0.554 bits per heavy atom. The highest BCUT2D eigenvalue weighted by atomic mass is 28.4. The van der Waals surface area contributed by atoms with Crippen LogP contribution in [0.5, 0.6) is 0 Å². The average Bonchev–Trinajstić information content (AvgIpc) is 3.91. The van der Waals surface area contributed by atoms with Crippen molar-refractivity contribution in [3.05, 3.63) is 121 Å². The summed E-state index contributed by atoms with van der Waals surface area (Å²) in [6, 6.07) is 43.2. The monoisotopic (exact) mass is 786 g/mol. The molecule has 4 fully saturated rings. The quantitative estimate of drug-likeness (QED) is 0.155. The highest BCUT2D eigenvalue weighted by molar-refractivity contribution is 7.00. The van der Waals surface area contributed by atoms with Crippen molar-refractivity contribution >= 4 is 49.1 Å². The zero-order chi connectivity index (χ0) is 40.0. The smallest absolute Gasteiger partial charge is 0.306 e. The molecule has 0 heterocycles. The fourth-order valence-electron chi connectivity index (χ4n) is 11.2. The molecule has 7 heteroatoms. The van der Waals surface area contributed by atoms with Crippen LogP contribution in [0.25, 0.3) is 0 Å². The van der Waals surface area contributed by atoms with Crippen LogP contribution in [-0.2, 0) is 18.4 Å². The molecule has 9 atom stereocenters. The molecule has 4 aromatic rings. The molecule has 4 aromatic carbocycles. The molecule has 0 amide bonds. The van der Waals surface area contributed by atoms with Gasteiger partial charge in [-0.3, -0.25) is 9.59 Å². The summed E-state index contributed by atoms with van der Waals surface area (Å²) >= 11 is 0. The van der Waals surface area contributed by atoms with E-state index in [2.05, 4.69) is 163 Å². The van der Waals surface area contributed by atoms with Crippen LogP contribution < -0.4 is 20.7 Å². The molecular weight excluding hydrogens is 725 g/mol. The van der Waals surface area contributed by atoms with Crippen molar-refractivity contribution in [3.8, 4) is 0 Å². The summed E-state index contributed by atoms with van der Waals surface area (Å²) in [5.74, 6) is 2.28. The molecule has 296 valence electrons. The molecule has 56 heavy (non-hydrogen) atoms. The Hall–Kier alpha value is -3.63. The van der Waals surface area contributed by atoms with Gasteiger partial charge in [-0.25, -0.2) is 0 Å². The van der Waals surface area contributed by atoms with E-state index in [0.717, 1.165) is 25.7 Å². The minimum atomic E-state index is -2.51. The summed E-state index contributed by atoms with van der Waals surface area (Å²) in [6.45, 7) is 17.5. The van der Waals surface area contributed by atoms with Crippen molar-refractivity contribution in [3.63, 3.8) is 0 Å². The maximum atomic E-state index is 11.8. The highest BCUT2D eigenvalue weighted by Gasteiger charge is 2.63. The van der Waals surface area contributed by atoms with Gasteiger partial charge in [-0.15, -0.1) is 0 Å². The molecule has 0 aromatic heterocycles. The summed E-state index contributed by atoms with van der Waals surface area (Å²) in [5.41, 5.74) is 0. The molecule has 5 nitrogen and oxygen atoms in total. The minimum absolute atomic E-state index is 0.0163. The van der Waals surface area contributed by atoms with Crippen LogP contribution in [-0.4, -0.2) is 45.7 Å². The largest absolute Gasteiger partial charge is 0.481 e. The molecule has 0 bridgehead atoms. The highest BCUT2D eigenvalue weighted by Crippen LogP contribution is 2.62. The van der Waals surface area contributed by atoms with E-state index >= 15 is 0 Å². The summed E-state index contributed by atoms with van der Waals surface area (Å²) in [7, 11) is -4.97. The Morgan fingerprint density at radius 3 is 1.09 bits per heavy atom. The Kier molecular flexibility index (Phi) is 11.3. The van der Waals surface area contributed by atoms with Crippen LogP contribution in [0.2, 0.25) is 10.1 Å². The molecule has 4 saturated carbocycles. The number of carbonyl (C=O) groups excluding carboxylic acids is 1. The van der Waals surface area contributed by atoms with E-state index in [9.17, 15) is 14.7 Å². The third-order valence-corrected chi connectivity index (χ3v) is 24.0. The van der Waals surface area contributed by atoms with Crippen LogP contribution in [0.15, 0.2) is 121 Å². The molecule has 4 aliphatic rings. The van der Waals surface area contributed by atoms with E-state index < -0.39 is 22.6 Å². The van der Waals surface area contributed by atoms with E-state index in [1.807, 2.05) is 6.92 Å². The van der Waals surface area contributed by atoms with Gasteiger partial charge < -0.3 is 14.0 Å². The van der Waals surface area contributed by atoms with E-state index in [1.54, 1.807) is 6.92 Å². The molecule has 1 N–H and O–H groups in total. The SMILES string of the molecule is CC(=O)C1[C@H]2CC(O[Si](c3ccccc3)(c3ccccc3)C(C)(C)C)C[C@@H]12.CC(C(=O)O)C1[C@H]2CC(O[Si](c3ccccc3)(c3ccccc3)C(C)(C)C)C[C@@H]12. The van der Waals surface area contributed by atoms with Crippen LogP contribution >= 0.6 is 0 Å². The lowest BCUT2D eigenvalue weighted by Gasteiger charge is -2.45. The lowest BCUT2D eigenvalue weighted by Crippen LogP contribution is -2.67. The topological polar surface area (TPSA) is 72.8 Å². The molecule has 0 saturated heterocycles. The van der Waals surface area contributed by atoms with Gasteiger partial charge in [0.05, 0.1) is 5.92 Å². The predicted molar refractivity (Wildman–Crippen MR) is 232 cm³/mol. The number of ketones is 1. The molecular formula is C49H62O5Si2. The van der Waals surface area contributed by atoms with E-state index in [4.69, 9.17) is 8.85 Å². The second-order valence-electron chi connectivity index (χ2n) is 19.2. The molecule has 0 radical (unpaired) electrons. The Bertz CT molecular complexity index is 1850. The number of hydrogen-bond acceptors (Lipinski definition) is 4. The second-order valence-corrected chi connectivity index (χ2v) is 27.8. The zero-order valence-electron chi connectivity index (χ0n) is 34.7. The van der Waals surface area contributed by atoms with E-state index in [0.29, 0.717) is 41.3 Å². The van der Waals surface area contributed by atoms with Crippen molar-refractivity contribution in [2.75, 3.05) is 0 Å². The normalized spacial score (nSPS) is 27.3. The fraction of sp³-hybridized carbons (Fsp3) is 0.469. The number of carboxylic acids is 1. The number of carbonyl (C=O) groups is 2. The van der Waals surface area contributed by atoms with Crippen LogP contribution in [0.3, 0.4) is 0 Å². The maximum Gasteiger partial charge on any atom is 0.306 e. The van der Waals surface area contributed by atoms with Crippen molar-refractivity contribution in [1.29, 1.82) is 0 Å². The Labute approximate surface area is 337 Å². The Morgan fingerprint density at radius 2 is 0.839 bits per heavy atom. The molecule has 0 aliphatic heterocycles. The number of carboxylic acid groups (broad SMARTS) is 1. The van der Waals surface area contributed by atoms with Gasteiger partial charge in [-0.2, -0.15) is 0 Å². The number of rotatable bonds is 11. The van der Waals surface area contributed by atoms with Crippen LogP contribution in [0.4, 0.5) is 0 Å². The molecule has 0 spiro atoms. The van der Waals surface area contributed by atoms with Gasteiger partial charge >= 0.3 is 5.97 Å². The van der Waals surface area contributed by atoms with Crippen molar-refractivity contribution in [2.45, 2.75) is 103 Å². The van der Waals surface area contributed by atoms with E-state index in [1.165, 1.54) is 20.7 Å². The number of fused-ring (bicyclic) bond motifs is 2. The van der Waals surface area contributed by atoms with Gasteiger partial charge in [0.15, 0.2) is 0 Å². The van der Waals surface area contributed by atoms with Gasteiger partial charge in [0.25, 0.3) is 16.6 Å². The van der Waals surface area contributed by atoms with Gasteiger partial charge in [-0.1, -0.05) is 170 Å². The molecule has 8 rings (SSSR count). The first-order valence-corrected chi connectivity index (χ1v) is 24.7. The van der Waals surface area contributed by atoms with Gasteiger partial charge in [0.1, 0.15) is 5.78 Å². The minimum Gasteiger partial charge on any atom is -0.481 e. The first-order chi connectivity index (χ1) is 26.6. The summed E-state index contributed by atoms with van der Waals surface area (Å²) in [4.78, 5) is 23.2. The number of aliphatic carboxylic acids is 1. The first-order valence-electron chi connectivity index (χ1n) is 20.9. The third kappa shape index (κ3) is 7.45. The molecule has 4 aliphatic carbocycles. The van der Waals surface area contributed by atoms with Crippen molar-refractivity contribution in [2.24, 2.45) is 41.4 Å². The summed E-state index contributed by atoms with van der Waals surface area (Å²) in [6.07, 6.45) is 4.56.